The molecular weight excluding hydrogens is 93.1 g/mol. The van der Waals surface area contributed by atoms with Crippen LogP contribution in [0.1, 0.15) is 12.8 Å². The van der Waals surface area contributed by atoms with Crippen molar-refractivity contribution >= 4 is 0 Å². The Balaban J connectivity index is 2.23. The van der Waals surface area contributed by atoms with Crippen molar-refractivity contribution in [3.8, 4) is 0 Å². The summed E-state index contributed by atoms with van der Waals surface area (Å²) in [7, 11) is 0. The van der Waals surface area contributed by atoms with Gasteiger partial charge in [0, 0.05) is 6.54 Å². The maximum Gasteiger partial charge on any atom is 0.122 e. The van der Waals surface area contributed by atoms with Crippen LogP contribution in [0.3, 0.4) is 0 Å². The predicted octanol–water partition coefficient (Wildman–Crippen LogP) is 0.708. The number of hydrogen-bond acceptors (Lipinski definition) is 1. The van der Waals surface area contributed by atoms with Crippen LogP contribution in [-0.2, 0) is 0 Å². The monoisotopic (exact) mass is 104 g/mol. The Bertz CT molecular complexity index is 70.8. The summed E-state index contributed by atoms with van der Waals surface area (Å²) in [5.74, 6) is 0. The SMILES string of the molecule is [2H]N1CCCC(F)C1. The Morgan fingerprint density at radius 3 is 3.14 bits per heavy atom. The molecule has 0 saturated carbocycles. The summed E-state index contributed by atoms with van der Waals surface area (Å²) in [6.07, 6.45) is 0.737. The van der Waals surface area contributed by atoms with Crippen LogP contribution in [0.4, 0.5) is 4.39 Å². The molecule has 1 atom stereocenters. The second-order valence-electron chi connectivity index (χ2n) is 1.87. The molecule has 0 aliphatic carbocycles. The highest BCUT2D eigenvalue weighted by atomic mass is 19.1. The molecule has 0 spiro atoms. The minimum Gasteiger partial charge on any atom is -0.314 e. The van der Waals surface area contributed by atoms with Gasteiger partial charge in [-0.25, -0.2) is 4.39 Å². The largest absolute Gasteiger partial charge is 0.314 e. The Morgan fingerprint density at radius 1 is 1.86 bits per heavy atom. The zero-order valence-electron chi connectivity index (χ0n) is 5.23. The van der Waals surface area contributed by atoms with Crippen LogP contribution in [0.5, 0.6) is 0 Å². The zero-order valence-corrected chi connectivity index (χ0v) is 4.23. The Labute approximate surface area is 44.4 Å². The van der Waals surface area contributed by atoms with Crippen LogP contribution in [0.15, 0.2) is 0 Å². The summed E-state index contributed by atoms with van der Waals surface area (Å²) in [6, 6.07) is 0. The molecule has 2 heteroatoms. The van der Waals surface area contributed by atoms with E-state index in [1.807, 2.05) is 0 Å². The molecule has 1 nitrogen and oxygen atoms in total. The van der Waals surface area contributed by atoms with Crippen molar-refractivity contribution < 1.29 is 5.80 Å². The van der Waals surface area contributed by atoms with E-state index in [9.17, 15) is 4.39 Å². The molecule has 0 aromatic carbocycles. The van der Waals surface area contributed by atoms with E-state index in [2.05, 4.69) is 0 Å². The number of piperidine rings is 1. The van der Waals surface area contributed by atoms with E-state index in [-0.39, 0.29) is 0 Å². The van der Waals surface area contributed by atoms with Crippen LogP contribution in [0.25, 0.3) is 0 Å². The zero-order chi connectivity index (χ0) is 5.98. The Kier molecular flexibility index (Phi) is 1.24. The summed E-state index contributed by atoms with van der Waals surface area (Å²) in [6.45, 7) is 1.04. The smallest absolute Gasteiger partial charge is 0.122 e. The van der Waals surface area contributed by atoms with Gasteiger partial charge in [-0.2, -0.15) is 0 Å². The van der Waals surface area contributed by atoms with E-state index in [0.717, 1.165) is 13.0 Å². The molecule has 0 aromatic rings. The molecule has 1 heterocycles. The molecule has 1 saturated heterocycles. The molecule has 1 rings (SSSR count). The third kappa shape index (κ3) is 1.43. The lowest BCUT2D eigenvalue weighted by Gasteiger charge is -2.14. The highest BCUT2D eigenvalue weighted by Gasteiger charge is 2.08. The van der Waals surface area contributed by atoms with Crippen LogP contribution >= 0.6 is 0 Å². The molecule has 0 aromatic heterocycles. The second kappa shape index (κ2) is 2.26. The van der Waals surface area contributed by atoms with Crippen LogP contribution in [0, 0.1) is 0 Å². The number of nitrogens with one attached hydrogen (secondary N) is 1. The third-order valence-corrected chi connectivity index (χ3v) is 1.16. The fourth-order valence-corrected chi connectivity index (χ4v) is 0.747. The van der Waals surface area contributed by atoms with Gasteiger partial charge in [-0.15, -0.1) is 0 Å². The minimum atomic E-state index is -0.749. The first-order valence-electron chi connectivity index (χ1n) is 3.11. The number of hydrogen-bond donors (Lipinski definition) is 1. The molecule has 42 valence electrons. The molecule has 1 aliphatic rings. The highest BCUT2D eigenvalue weighted by Crippen LogP contribution is 2.03. The third-order valence-electron chi connectivity index (χ3n) is 1.16. The van der Waals surface area contributed by atoms with E-state index in [4.69, 9.17) is 1.41 Å². The molecule has 0 amide bonds. The van der Waals surface area contributed by atoms with Gasteiger partial charge < -0.3 is 5.31 Å². The summed E-state index contributed by atoms with van der Waals surface area (Å²) in [5, 5.41) is 1.29. The van der Waals surface area contributed by atoms with Gasteiger partial charge in [0.15, 0.2) is 0 Å². The molecule has 0 bridgehead atoms. The lowest BCUT2D eigenvalue weighted by molar-refractivity contribution is 0.266. The first kappa shape index (κ1) is 3.84. The van der Waals surface area contributed by atoms with Crippen molar-refractivity contribution in [3.63, 3.8) is 0 Å². The number of rotatable bonds is 0. The maximum absolute atomic E-state index is 12.3. The molecule has 1 unspecified atom stereocenters. The summed E-state index contributed by atoms with van der Waals surface area (Å²) < 4.78 is 19.3. The lowest BCUT2D eigenvalue weighted by Crippen LogP contribution is -2.30. The van der Waals surface area contributed by atoms with Gasteiger partial charge in [0.25, 0.3) is 0 Å². The lowest BCUT2D eigenvalue weighted by atomic mass is 10.1. The first-order chi connectivity index (χ1) is 3.79. The van der Waals surface area contributed by atoms with Crippen molar-refractivity contribution in [3.05, 3.63) is 0 Å². The number of halogens is 1. The maximum atomic E-state index is 12.3. The van der Waals surface area contributed by atoms with Crippen LogP contribution < -0.4 is 5.31 Å². The molecule has 1 fully saturated rings. The summed E-state index contributed by atoms with van der Waals surface area (Å²) in [5.41, 5.74) is 0. The Morgan fingerprint density at radius 2 is 2.71 bits per heavy atom. The highest BCUT2D eigenvalue weighted by molar-refractivity contribution is 4.66. The van der Waals surface area contributed by atoms with Gasteiger partial charge in [0.05, 0.1) is 0 Å². The first-order valence-corrected chi connectivity index (χ1v) is 2.67. The summed E-state index contributed by atoms with van der Waals surface area (Å²) >= 11 is 0. The average molecular weight is 104 g/mol. The molecule has 1 N–H and O–H groups in total. The van der Waals surface area contributed by atoms with E-state index >= 15 is 0 Å². The second-order valence-corrected chi connectivity index (χ2v) is 1.87. The topological polar surface area (TPSA) is 12.0 Å². The van der Waals surface area contributed by atoms with Crippen molar-refractivity contribution in [2.24, 2.45) is 0 Å². The normalized spacial score (nSPS) is 37.9. The van der Waals surface area contributed by atoms with Gasteiger partial charge in [-0.3, -0.25) is 0 Å². The Hall–Kier alpha value is -0.110. The van der Waals surface area contributed by atoms with E-state index < -0.39 is 6.17 Å². The molecule has 0 radical (unpaired) electrons. The standard InChI is InChI=1S/C5H10FN/c6-5-2-1-3-7-4-5/h5,7H,1-4H2/i/hD. The van der Waals surface area contributed by atoms with Gasteiger partial charge >= 0.3 is 0 Å². The van der Waals surface area contributed by atoms with Crippen molar-refractivity contribution in [2.45, 2.75) is 19.0 Å². The van der Waals surface area contributed by atoms with E-state index in [1.165, 1.54) is 5.31 Å². The van der Waals surface area contributed by atoms with Gasteiger partial charge in [0.1, 0.15) is 7.58 Å². The fraction of sp³-hybridized carbons (Fsp3) is 1.00. The average Bonchev–Trinajstić information content (AvgIpc) is 1.64. The summed E-state index contributed by atoms with van der Waals surface area (Å²) in [4.78, 5) is 0. The van der Waals surface area contributed by atoms with Crippen molar-refractivity contribution in [1.29, 1.82) is 0 Å². The fourth-order valence-electron chi connectivity index (χ4n) is 0.747. The van der Waals surface area contributed by atoms with E-state index in [1.54, 1.807) is 0 Å². The van der Waals surface area contributed by atoms with E-state index in [0.29, 0.717) is 13.0 Å². The van der Waals surface area contributed by atoms with Gasteiger partial charge in [0.2, 0.25) is 0 Å². The van der Waals surface area contributed by atoms with Gasteiger partial charge in [-0.05, 0) is 19.4 Å². The molecule has 1 aliphatic heterocycles. The van der Waals surface area contributed by atoms with Crippen molar-refractivity contribution in [2.75, 3.05) is 13.1 Å². The minimum absolute atomic E-state index is 0.306. The van der Waals surface area contributed by atoms with Crippen LogP contribution in [-0.4, -0.2) is 19.3 Å². The molecule has 7 heavy (non-hydrogen) atoms. The van der Waals surface area contributed by atoms with Crippen LogP contribution in [0.2, 0.25) is 1.41 Å². The predicted molar refractivity (Wildman–Crippen MR) is 27.0 cm³/mol. The molecular formula is C5H10FN. The van der Waals surface area contributed by atoms with Gasteiger partial charge in [-0.1, -0.05) is 0 Å². The quantitative estimate of drug-likeness (QED) is 0.477. The number of alkyl halides is 1. The van der Waals surface area contributed by atoms with Crippen molar-refractivity contribution in [1.82, 2.24) is 5.31 Å².